The van der Waals surface area contributed by atoms with Crippen LogP contribution in [0.1, 0.15) is 20.8 Å². The highest BCUT2D eigenvalue weighted by atomic mass is 35.7. The summed E-state index contributed by atoms with van der Waals surface area (Å²) in [6.07, 6.45) is 0.285. The molecule has 7 nitrogen and oxygen atoms in total. The van der Waals surface area contributed by atoms with Crippen LogP contribution < -0.4 is 18.6 Å². The zero-order valence-corrected chi connectivity index (χ0v) is 9.61. The van der Waals surface area contributed by atoms with Gasteiger partial charge in [-0.05, 0) is 20.8 Å². The summed E-state index contributed by atoms with van der Waals surface area (Å²) in [6.45, 7) is 7.40. The third-order valence-electron chi connectivity index (χ3n) is 0.787. The molecule has 0 N–H and O–H groups in total. The van der Waals surface area contributed by atoms with E-state index in [1.807, 2.05) is 20.8 Å². The molecule has 0 atom stereocenters. The molecular weight excluding hydrogens is 232 g/mol. The van der Waals surface area contributed by atoms with E-state index in [1.165, 1.54) is 0 Å². The van der Waals surface area contributed by atoms with Crippen molar-refractivity contribution >= 4 is 6.16 Å². The van der Waals surface area contributed by atoms with Crippen LogP contribution in [0.25, 0.3) is 0 Å². The van der Waals surface area contributed by atoms with Crippen molar-refractivity contribution in [3.63, 3.8) is 0 Å². The molecule has 0 fully saturated rings. The van der Waals surface area contributed by atoms with Gasteiger partial charge in [0.05, 0.1) is 0 Å². The van der Waals surface area contributed by atoms with Crippen LogP contribution in [0.2, 0.25) is 0 Å². The summed E-state index contributed by atoms with van der Waals surface area (Å²) < 4.78 is 49.0. The number of hydrogen-bond acceptors (Lipinski definition) is 6. The Balaban J connectivity index is 0. The molecule has 0 aliphatic rings. The summed E-state index contributed by atoms with van der Waals surface area (Å²) >= 11 is 0. The van der Waals surface area contributed by atoms with E-state index >= 15 is 0 Å². The van der Waals surface area contributed by atoms with Crippen molar-refractivity contribution in [2.45, 2.75) is 20.8 Å². The third kappa shape index (κ3) is 24.7. The maximum Gasteiger partial charge on any atom is 0.714 e. The van der Waals surface area contributed by atoms with Crippen molar-refractivity contribution in [3.8, 4) is 0 Å². The number of rotatable bonds is 3. The van der Waals surface area contributed by atoms with Gasteiger partial charge in [-0.15, -0.1) is 10.2 Å². The van der Waals surface area contributed by atoms with Crippen LogP contribution in [0.4, 0.5) is 4.42 Å². The average Bonchev–Trinajstić information content (AvgIpc) is 2.02. The van der Waals surface area contributed by atoms with Gasteiger partial charge in [-0.2, -0.15) is 0 Å². The highest BCUT2D eigenvalue weighted by Gasteiger charge is 2.13. The van der Waals surface area contributed by atoms with E-state index in [1.54, 1.807) is 0 Å². The molecule has 0 bridgehead atoms. The Morgan fingerprint density at radius 3 is 1.53 bits per heavy atom. The summed E-state index contributed by atoms with van der Waals surface area (Å²) in [5.41, 5.74) is 0. The Hall–Kier alpha value is -0.600. The Labute approximate surface area is 90.3 Å². The van der Waals surface area contributed by atoms with Gasteiger partial charge in [0.1, 0.15) is 0 Å². The first-order chi connectivity index (χ1) is 6.85. The van der Waals surface area contributed by atoms with Crippen molar-refractivity contribution < 1.29 is 42.8 Å². The predicted octanol–water partition coefficient (Wildman–Crippen LogP) is -3.02. The van der Waals surface area contributed by atoms with Crippen LogP contribution in [-0.4, -0.2) is 26.0 Å². The van der Waals surface area contributed by atoms with Gasteiger partial charge in [0, 0.05) is 0 Å². The minimum atomic E-state index is -4.94. The van der Waals surface area contributed by atoms with Crippen LogP contribution in [-0.2, 0) is 9.47 Å². The summed E-state index contributed by atoms with van der Waals surface area (Å²) in [7, 11) is -4.94. The molecule has 0 unspecified atom stereocenters. The van der Waals surface area contributed by atoms with E-state index in [0.717, 1.165) is 0 Å². The van der Waals surface area contributed by atoms with Crippen molar-refractivity contribution in [3.05, 3.63) is 0 Å². The highest BCUT2D eigenvalue weighted by Crippen LogP contribution is 1.90. The molecule has 0 heterocycles. The van der Waals surface area contributed by atoms with E-state index in [0.29, 0.717) is 19.8 Å². The topological polar surface area (TPSA) is 122 Å². The van der Waals surface area contributed by atoms with Crippen LogP contribution >= 0.6 is 0 Å². The van der Waals surface area contributed by atoms with E-state index in [4.69, 9.17) is 32.5 Å². The third-order valence-corrected chi connectivity index (χ3v) is 0.787. The molecule has 0 saturated carbocycles. The Morgan fingerprint density at radius 1 is 1.00 bits per heavy atom. The lowest BCUT2D eigenvalue weighted by molar-refractivity contribution is -2.00. The van der Waals surface area contributed by atoms with Gasteiger partial charge < -0.3 is 13.9 Å². The van der Waals surface area contributed by atoms with Gasteiger partial charge in [0.25, 0.3) is 0 Å². The fourth-order valence-corrected chi connectivity index (χ4v) is 0.479. The van der Waals surface area contributed by atoms with Gasteiger partial charge in [0.15, 0.2) is 19.8 Å². The first-order valence-corrected chi connectivity index (χ1v) is 5.45. The lowest BCUT2D eigenvalue weighted by Gasteiger charge is -2.17. The van der Waals surface area contributed by atoms with Crippen molar-refractivity contribution in [2.24, 2.45) is 0 Å². The zero-order valence-electron chi connectivity index (χ0n) is 8.86. The minimum absolute atomic E-state index is 0.285. The molecule has 0 radical (unpaired) electrons. The molecule has 0 aliphatic heterocycles. The Bertz CT molecular complexity index is 151. The van der Waals surface area contributed by atoms with E-state index in [-0.39, 0.29) is 6.16 Å². The lowest BCUT2D eigenvalue weighted by Crippen LogP contribution is -2.68. The number of ether oxygens (including phenoxy) is 2. The summed E-state index contributed by atoms with van der Waals surface area (Å²) in [6, 6.07) is 0. The van der Waals surface area contributed by atoms with Gasteiger partial charge in [-0.1, -0.05) is 0 Å². The molecule has 0 rings (SSSR count). The Morgan fingerprint density at radius 2 is 1.33 bits per heavy atom. The predicted molar refractivity (Wildman–Crippen MR) is 39.2 cm³/mol. The van der Waals surface area contributed by atoms with Crippen molar-refractivity contribution in [1.82, 2.24) is 0 Å². The maximum absolute atomic E-state index is 8.49. The van der Waals surface area contributed by atoms with E-state index in [2.05, 4.69) is 0 Å². The fraction of sp³-hybridized carbons (Fsp3) is 0.857. The molecule has 0 saturated heterocycles. The second-order valence-corrected chi connectivity index (χ2v) is 2.68. The maximum atomic E-state index is 8.49. The standard InChI is InChI=1S/C7H15O3.ClHO4/c1-4-8-7(9-5-2)10-6-3;2-1(3,4)5/h4-6H2,1-3H3;(H,2,3,4,5)/q+1;/p-1. The molecule has 92 valence electrons. The quantitative estimate of drug-likeness (QED) is 0.386. The van der Waals surface area contributed by atoms with Crippen LogP contribution in [0.5, 0.6) is 0 Å². The molecule has 0 aromatic carbocycles. The largest absolute Gasteiger partial charge is 0.714 e. The zero-order chi connectivity index (χ0) is 12.3. The monoisotopic (exact) mass is 246 g/mol. The van der Waals surface area contributed by atoms with Crippen molar-refractivity contribution in [2.75, 3.05) is 19.8 Å². The minimum Gasteiger partial charge on any atom is -0.320 e. The number of halogens is 1. The van der Waals surface area contributed by atoms with Gasteiger partial charge in [-0.25, -0.2) is 18.6 Å². The van der Waals surface area contributed by atoms with Gasteiger partial charge in [0.2, 0.25) is 0 Å². The number of carbonyl (C=O) groups excluding carboxylic acids is 1. The van der Waals surface area contributed by atoms with Crippen LogP contribution in [0.15, 0.2) is 0 Å². The second-order valence-electron chi connectivity index (χ2n) is 1.93. The average molecular weight is 247 g/mol. The fourth-order valence-electron chi connectivity index (χ4n) is 0.479. The SMILES string of the molecule is CCOC(OCC)=[O+]CC.[O-][Cl+3]([O-])([O-])[O-]. The molecule has 15 heavy (non-hydrogen) atoms. The molecular formula is C7H15ClO7. The van der Waals surface area contributed by atoms with Gasteiger partial charge >= 0.3 is 6.16 Å². The van der Waals surface area contributed by atoms with E-state index < -0.39 is 10.2 Å². The summed E-state index contributed by atoms with van der Waals surface area (Å²) in [5, 5.41) is 0. The van der Waals surface area contributed by atoms with Crippen LogP contribution in [0.3, 0.4) is 0 Å². The molecule has 0 spiro atoms. The lowest BCUT2D eigenvalue weighted by atomic mass is 10.8. The molecule has 0 aromatic heterocycles. The highest BCUT2D eigenvalue weighted by molar-refractivity contribution is 5.60. The van der Waals surface area contributed by atoms with Crippen molar-refractivity contribution in [1.29, 1.82) is 0 Å². The molecule has 8 heteroatoms. The summed E-state index contributed by atoms with van der Waals surface area (Å²) in [5.74, 6) is 0. The molecule has 0 aliphatic carbocycles. The second kappa shape index (κ2) is 9.94. The van der Waals surface area contributed by atoms with Crippen LogP contribution in [0, 0.1) is 10.2 Å². The Kier molecular flexibility index (Phi) is 11.1. The van der Waals surface area contributed by atoms with E-state index in [9.17, 15) is 0 Å². The first kappa shape index (κ1) is 16.8. The smallest absolute Gasteiger partial charge is 0.320 e. The molecule has 0 aromatic rings. The number of hydrogen-bond donors (Lipinski definition) is 0. The first-order valence-electron chi connectivity index (χ1n) is 4.22. The van der Waals surface area contributed by atoms with Gasteiger partial charge in [-0.3, -0.25) is 0 Å². The molecule has 0 amide bonds. The normalized spacial score (nSPS) is 9.80. The summed E-state index contributed by atoms with van der Waals surface area (Å²) in [4.78, 5) is 0.